The van der Waals surface area contributed by atoms with Crippen LogP contribution in [0.5, 0.6) is 0 Å². The molecule has 128 valence electrons. The van der Waals surface area contributed by atoms with Crippen LogP contribution in [0.3, 0.4) is 0 Å². The lowest BCUT2D eigenvalue weighted by atomic mass is 10.1. The summed E-state index contributed by atoms with van der Waals surface area (Å²) in [5.74, 6) is 0.423. The molecule has 0 radical (unpaired) electrons. The number of benzene rings is 1. The van der Waals surface area contributed by atoms with Crippen LogP contribution in [0, 0.1) is 5.92 Å². The summed E-state index contributed by atoms with van der Waals surface area (Å²) in [6, 6.07) is 10.3. The fourth-order valence-electron chi connectivity index (χ4n) is 3.59. The molecule has 2 aromatic rings. The molecule has 5 nitrogen and oxygen atoms in total. The zero-order valence-electron chi connectivity index (χ0n) is 13.7. The largest absolute Gasteiger partial charge is 0.300 e. The molecule has 24 heavy (non-hydrogen) atoms. The number of hydrogen-bond acceptors (Lipinski definition) is 4. The van der Waals surface area contributed by atoms with Gasteiger partial charge in [0.25, 0.3) is 0 Å². The molecule has 1 atom stereocenters. The highest BCUT2D eigenvalue weighted by Gasteiger charge is 2.34. The van der Waals surface area contributed by atoms with Crippen molar-refractivity contribution < 1.29 is 8.42 Å². The van der Waals surface area contributed by atoms with Crippen LogP contribution in [-0.4, -0.2) is 44.0 Å². The summed E-state index contributed by atoms with van der Waals surface area (Å²) >= 11 is 0. The summed E-state index contributed by atoms with van der Waals surface area (Å²) in [5, 5.41) is 0.973. The smallest absolute Gasteiger partial charge is 0.215 e. The Balaban J connectivity index is 1.39. The van der Waals surface area contributed by atoms with Crippen molar-refractivity contribution in [2.75, 3.05) is 19.6 Å². The Hall–Kier alpha value is -1.50. The van der Waals surface area contributed by atoms with Crippen LogP contribution in [0.2, 0.25) is 0 Å². The molecule has 1 N–H and O–H groups in total. The first-order valence-electron chi connectivity index (χ1n) is 8.65. The number of rotatable bonds is 6. The zero-order valence-corrected chi connectivity index (χ0v) is 14.5. The maximum absolute atomic E-state index is 12.5. The van der Waals surface area contributed by atoms with Gasteiger partial charge in [0, 0.05) is 30.7 Å². The number of hydrogen-bond donors (Lipinski definition) is 1. The molecule has 0 unspecified atom stereocenters. The third kappa shape index (κ3) is 3.61. The summed E-state index contributed by atoms with van der Waals surface area (Å²) in [7, 11) is -3.34. The molecule has 0 bridgehead atoms. The van der Waals surface area contributed by atoms with Crippen molar-refractivity contribution in [1.29, 1.82) is 0 Å². The van der Waals surface area contributed by atoms with Gasteiger partial charge in [-0.1, -0.05) is 24.3 Å². The fourth-order valence-corrected chi connectivity index (χ4v) is 4.82. The van der Waals surface area contributed by atoms with Crippen molar-refractivity contribution in [3.8, 4) is 0 Å². The van der Waals surface area contributed by atoms with E-state index in [2.05, 4.69) is 14.6 Å². The number of nitrogens with zero attached hydrogens (tertiary/aromatic N) is 2. The van der Waals surface area contributed by atoms with Gasteiger partial charge in [-0.3, -0.25) is 4.98 Å². The Morgan fingerprint density at radius 3 is 2.83 bits per heavy atom. The van der Waals surface area contributed by atoms with Gasteiger partial charge in [0.1, 0.15) is 0 Å². The Bertz CT molecular complexity index is 828. The average Bonchev–Trinajstić information content (AvgIpc) is 3.32. The molecule has 2 aliphatic rings. The highest BCUT2D eigenvalue weighted by Crippen LogP contribution is 2.31. The number of likely N-dealkylation sites (tertiary alicyclic amines) is 1. The third-order valence-electron chi connectivity index (χ3n) is 5.03. The predicted molar refractivity (Wildman–Crippen MR) is 95.1 cm³/mol. The van der Waals surface area contributed by atoms with E-state index in [-0.39, 0.29) is 5.75 Å². The lowest BCUT2D eigenvalue weighted by Crippen LogP contribution is -2.32. The fraction of sp³-hybridized carbons (Fsp3) is 0.500. The molecule has 2 fully saturated rings. The van der Waals surface area contributed by atoms with Crippen LogP contribution < -0.4 is 4.72 Å². The SMILES string of the molecule is O=S(=O)(Cc1cccc2cccnc12)NC[C@H]1CCN(C2CC2)C1. The molecule has 1 saturated carbocycles. The summed E-state index contributed by atoms with van der Waals surface area (Å²) in [4.78, 5) is 6.85. The molecule has 1 aliphatic heterocycles. The molecular weight excluding hydrogens is 322 g/mol. The monoisotopic (exact) mass is 345 g/mol. The van der Waals surface area contributed by atoms with Crippen molar-refractivity contribution in [1.82, 2.24) is 14.6 Å². The summed E-state index contributed by atoms with van der Waals surface area (Å²) in [6.45, 7) is 2.69. The molecule has 0 spiro atoms. The number of pyridine rings is 1. The summed E-state index contributed by atoms with van der Waals surface area (Å²) in [6.07, 6.45) is 5.42. The van der Waals surface area contributed by atoms with E-state index in [0.29, 0.717) is 12.5 Å². The maximum Gasteiger partial charge on any atom is 0.215 e. The van der Waals surface area contributed by atoms with Gasteiger partial charge >= 0.3 is 0 Å². The van der Waals surface area contributed by atoms with E-state index >= 15 is 0 Å². The third-order valence-corrected chi connectivity index (χ3v) is 6.33. The molecule has 6 heteroatoms. The first kappa shape index (κ1) is 16.0. The van der Waals surface area contributed by atoms with Crippen LogP contribution in [-0.2, 0) is 15.8 Å². The van der Waals surface area contributed by atoms with E-state index in [9.17, 15) is 8.42 Å². The van der Waals surface area contributed by atoms with E-state index < -0.39 is 10.0 Å². The minimum absolute atomic E-state index is 0.0135. The summed E-state index contributed by atoms with van der Waals surface area (Å²) in [5.41, 5.74) is 1.53. The molecule has 1 aromatic heterocycles. The second-order valence-corrected chi connectivity index (χ2v) is 8.79. The van der Waals surface area contributed by atoms with E-state index in [4.69, 9.17) is 0 Å². The van der Waals surface area contributed by atoms with Gasteiger partial charge in [-0.2, -0.15) is 0 Å². The molecule has 4 rings (SSSR count). The van der Waals surface area contributed by atoms with Gasteiger partial charge in [0.05, 0.1) is 11.3 Å². The van der Waals surface area contributed by atoms with E-state index in [1.807, 2.05) is 30.3 Å². The van der Waals surface area contributed by atoms with Crippen molar-refractivity contribution in [3.63, 3.8) is 0 Å². The first-order valence-corrected chi connectivity index (χ1v) is 10.3. The van der Waals surface area contributed by atoms with E-state index in [0.717, 1.165) is 42.0 Å². The molecule has 1 saturated heterocycles. The van der Waals surface area contributed by atoms with Crippen LogP contribution >= 0.6 is 0 Å². The van der Waals surface area contributed by atoms with Crippen LogP contribution in [0.25, 0.3) is 10.9 Å². The minimum Gasteiger partial charge on any atom is -0.300 e. The second-order valence-electron chi connectivity index (χ2n) is 6.98. The Labute approximate surface area is 143 Å². The van der Waals surface area contributed by atoms with Gasteiger partial charge in [0.2, 0.25) is 10.0 Å². The van der Waals surface area contributed by atoms with Crippen molar-refractivity contribution in [2.45, 2.75) is 31.1 Å². The number of aromatic nitrogens is 1. The highest BCUT2D eigenvalue weighted by atomic mass is 32.2. The first-order chi connectivity index (χ1) is 11.6. The van der Waals surface area contributed by atoms with Crippen LogP contribution in [0.15, 0.2) is 36.5 Å². The Morgan fingerprint density at radius 1 is 1.17 bits per heavy atom. The normalized spacial score (nSPS) is 22.2. The number of fused-ring (bicyclic) bond motifs is 1. The number of nitrogens with one attached hydrogen (secondary N) is 1. The minimum atomic E-state index is -3.34. The molecule has 1 aromatic carbocycles. The number of sulfonamides is 1. The van der Waals surface area contributed by atoms with Gasteiger partial charge < -0.3 is 4.90 Å². The topological polar surface area (TPSA) is 62.3 Å². The highest BCUT2D eigenvalue weighted by molar-refractivity contribution is 7.88. The molecule has 1 aliphatic carbocycles. The number of para-hydroxylation sites is 1. The van der Waals surface area contributed by atoms with Crippen LogP contribution in [0.4, 0.5) is 0 Å². The van der Waals surface area contributed by atoms with E-state index in [1.54, 1.807) is 6.20 Å². The lowest BCUT2D eigenvalue weighted by molar-refractivity contribution is 0.314. The van der Waals surface area contributed by atoms with Crippen molar-refractivity contribution in [3.05, 3.63) is 42.1 Å². The average molecular weight is 345 g/mol. The van der Waals surface area contributed by atoms with Gasteiger partial charge in [-0.05, 0) is 43.4 Å². The Morgan fingerprint density at radius 2 is 2.00 bits per heavy atom. The predicted octanol–water partition coefficient (Wildman–Crippen LogP) is 2.14. The van der Waals surface area contributed by atoms with Gasteiger partial charge in [0.15, 0.2) is 0 Å². The van der Waals surface area contributed by atoms with E-state index in [1.165, 1.54) is 12.8 Å². The lowest BCUT2D eigenvalue weighted by Gasteiger charge is -2.15. The summed E-state index contributed by atoms with van der Waals surface area (Å²) < 4.78 is 27.8. The molecule has 0 amide bonds. The van der Waals surface area contributed by atoms with Gasteiger partial charge in [-0.25, -0.2) is 13.1 Å². The van der Waals surface area contributed by atoms with Crippen LogP contribution in [0.1, 0.15) is 24.8 Å². The second kappa shape index (κ2) is 6.43. The zero-order chi connectivity index (χ0) is 16.6. The van der Waals surface area contributed by atoms with Gasteiger partial charge in [-0.15, -0.1) is 0 Å². The Kier molecular flexibility index (Phi) is 4.28. The molecule has 2 heterocycles. The molecular formula is C18H23N3O2S. The van der Waals surface area contributed by atoms with Crippen molar-refractivity contribution >= 4 is 20.9 Å². The standard InChI is InChI=1S/C18H23N3O2S/c22-24(23,20-11-14-8-10-21(12-14)17-6-7-17)13-16-4-1-3-15-5-2-9-19-18(15)16/h1-5,9,14,17,20H,6-8,10-13H2/t14-/m1/s1. The quantitative estimate of drug-likeness (QED) is 0.871. The maximum atomic E-state index is 12.5. The van der Waals surface area contributed by atoms with Crippen molar-refractivity contribution in [2.24, 2.45) is 5.92 Å².